The highest BCUT2D eigenvalue weighted by Gasteiger charge is 2.35. The molecule has 26 heavy (non-hydrogen) atoms. The smallest absolute Gasteiger partial charge is 0.261 e. The predicted octanol–water partition coefficient (Wildman–Crippen LogP) is 4.49. The van der Waals surface area contributed by atoms with Crippen molar-refractivity contribution in [1.29, 1.82) is 0 Å². The molecule has 1 heterocycles. The summed E-state index contributed by atoms with van der Waals surface area (Å²) < 4.78 is 11.9. The number of rotatable bonds is 4. The van der Waals surface area contributed by atoms with Gasteiger partial charge in [0.05, 0.1) is 6.04 Å². The third kappa shape index (κ3) is 4.18. The number of hydrogen-bond acceptors (Lipinski definition) is 3. The number of carbonyl (C=O) groups is 1. The number of carbonyl (C=O) groups excluding carboxylic acids is 1. The number of ether oxygens (including phenoxy) is 2. The molecular weight excluding hydrogens is 326 g/mol. The van der Waals surface area contributed by atoms with Gasteiger partial charge in [0.15, 0.2) is 6.10 Å². The van der Waals surface area contributed by atoms with Gasteiger partial charge in [-0.15, -0.1) is 0 Å². The second-order valence-corrected chi connectivity index (χ2v) is 7.74. The maximum atomic E-state index is 12.7. The fourth-order valence-electron chi connectivity index (χ4n) is 3.27. The van der Waals surface area contributed by atoms with Crippen molar-refractivity contribution in [1.82, 2.24) is 5.32 Å². The van der Waals surface area contributed by atoms with Crippen LogP contribution in [0.2, 0.25) is 0 Å². The maximum absolute atomic E-state index is 12.7. The number of benzene rings is 2. The Kier molecular flexibility index (Phi) is 4.94. The van der Waals surface area contributed by atoms with Gasteiger partial charge in [0, 0.05) is 12.0 Å². The lowest BCUT2D eigenvalue weighted by molar-refractivity contribution is -0.128. The Morgan fingerprint density at radius 3 is 2.50 bits per heavy atom. The minimum Gasteiger partial charge on any atom is -0.487 e. The molecule has 138 valence electrons. The molecule has 2 aromatic carbocycles. The van der Waals surface area contributed by atoms with E-state index in [-0.39, 0.29) is 17.6 Å². The molecule has 0 spiro atoms. The molecule has 1 aliphatic rings. The highest BCUT2D eigenvalue weighted by molar-refractivity contribution is 5.81. The maximum Gasteiger partial charge on any atom is 0.261 e. The van der Waals surface area contributed by atoms with E-state index < -0.39 is 6.10 Å². The number of fused-ring (bicyclic) bond motifs is 1. The second-order valence-electron chi connectivity index (χ2n) is 7.74. The van der Waals surface area contributed by atoms with E-state index in [1.807, 2.05) is 64.1 Å². The summed E-state index contributed by atoms with van der Waals surface area (Å²) in [7, 11) is 0. The molecule has 0 fully saturated rings. The van der Waals surface area contributed by atoms with Crippen molar-refractivity contribution >= 4 is 5.91 Å². The van der Waals surface area contributed by atoms with Gasteiger partial charge in [-0.2, -0.15) is 0 Å². The van der Waals surface area contributed by atoms with Crippen LogP contribution in [0, 0.1) is 13.8 Å². The molecule has 0 bridgehead atoms. The van der Waals surface area contributed by atoms with E-state index in [9.17, 15) is 4.79 Å². The molecule has 2 atom stereocenters. The topological polar surface area (TPSA) is 47.6 Å². The molecule has 1 N–H and O–H groups in total. The van der Waals surface area contributed by atoms with Crippen molar-refractivity contribution in [2.75, 3.05) is 0 Å². The Morgan fingerprint density at radius 1 is 1.15 bits per heavy atom. The summed E-state index contributed by atoms with van der Waals surface area (Å²) in [6.07, 6.45) is 0.142. The largest absolute Gasteiger partial charge is 0.487 e. The number of nitrogens with one attached hydrogen (secondary N) is 1. The van der Waals surface area contributed by atoms with Crippen molar-refractivity contribution in [3.8, 4) is 11.5 Å². The van der Waals surface area contributed by atoms with E-state index in [2.05, 4.69) is 11.4 Å². The van der Waals surface area contributed by atoms with Crippen LogP contribution in [-0.2, 0) is 4.79 Å². The van der Waals surface area contributed by atoms with Gasteiger partial charge in [-0.25, -0.2) is 0 Å². The van der Waals surface area contributed by atoms with Crippen molar-refractivity contribution in [3.63, 3.8) is 0 Å². The third-order valence-corrected chi connectivity index (χ3v) is 4.64. The van der Waals surface area contributed by atoms with Crippen LogP contribution in [0.1, 0.15) is 49.9 Å². The summed E-state index contributed by atoms with van der Waals surface area (Å²) in [5.74, 6) is 1.41. The van der Waals surface area contributed by atoms with Gasteiger partial charge in [0.2, 0.25) is 0 Å². The number of hydrogen-bond donors (Lipinski definition) is 1. The standard InChI is InChI=1S/C22H27NO3/c1-14-6-9-17(10-7-14)25-16(3)21(24)23-19-13-22(4,5)26-20-11-8-15(2)12-18(19)20/h6-12,16,19H,13H2,1-5H3,(H,23,24)/t16-,19-/m0/s1. The zero-order valence-corrected chi connectivity index (χ0v) is 16.1. The SMILES string of the molecule is Cc1ccc(O[C@@H](C)C(=O)N[C@H]2CC(C)(C)Oc3ccc(C)cc32)cc1. The zero-order valence-electron chi connectivity index (χ0n) is 16.1. The molecule has 0 saturated heterocycles. The van der Waals surface area contributed by atoms with Gasteiger partial charge in [-0.3, -0.25) is 4.79 Å². The van der Waals surface area contributed by atoms with Crippen molar-refractivity contribution < 1.29 is 14.3 Å². The van der Waals surface area contributed by atoms with Crippen LogP contribution in [0.15, 0.2) is 42.5 Å². The summed E-state index contributed by atoms with van der Waals surface area (Å²) >= 11 is 0. The Balaban J connectivity index is 1.74. The van der Waals surface area contributed by atoms with Crippen LogP contribution in [0.25, 0.3) is 0 Å². The summed E-state index contributed by atoms with van der Waals surface area (Å²) in [6.45, 7) is 9.92. The Hall–Kier alpha value is -2.49. The van der Waals surface area contributed by atoms with Gasteiger partial charge in [-0.1, -0.05) is 35.4 Å². The van der Waals surface area contributed by atoms with Gasteiger partial charge >= 0.3 is 0 Å². The lowest BCUT2D eigenvalue weighted by Gasteiger charge is -2.38. The van der Waals surface area contributed by atoms with Crippen molar-refractivity contribution in [2.24, 2.45) is 0 Å². The number of aryl methyl sites for hydroxylation is 2. The molecule has 0 radical (unpaired) electrons. The summed E-state index contributed by atoms with van der Waals surface area (Å²) in [4.78, 5) is 12.7. The lowest BCUT2D eigenvalue weighted by atomic mass is 9.89. The minimum absolute atomic E-state index is 0.0924. The molecule has 2 aromatic rings. The fraction of sp³-hybridized carbons (Fsp3) is 0.409. The van der Waals surface area contributed by atoms with E-state index in [4.69, 9.17) is 9.47 Å². The monoisotopic (exact) mass is 353 g/mol. The van der Waals surface area contributed by atoms with Gasteiger partial charge in [0.25, 0.3) is 5.91 Å². The minimum atomic E-state index is -0.572. The molecule has 0 saturated carbocycles. The molecule has 4 nitrogen and oxygen atoms in total. The van der Waals surface area contributed by atoms with Crippen molar-refractivity contribution in [3.05, 3.63) is 59.2 Å². The van der Waals surface area contributed by atoms with Gasteiger partial charge < -0.3 is 14.8 Å². The molecule has 0 unspecified atom stereocenters. The molecule has 1 aliphatic heterocycles. The van der Waals surface area contributed by atoms with Crippen LogP contribution in [0.3, 0.4) is 0 Å². The Bertz CT molecular complexity index is 796. The zero-order chi connectivity index (χ0) is 18.9. The molecule has 3 rings (SSSR count). The van der Waals surface area contributed by atoms with E-state index in [1.54, 1.807) is 6.92 Å². The van der Waals surface area contributed by atoms with E-state index in [0.717, 1.165) is 22.4 Å². The van der Waals surface area contributed by atoms with Crippen LogP contribution >= 0.6 is 0 Å². The van der Waals surface area contributed by atoms with E-state index >= 15 is 0 Å². The normalized spacial score (nSPS) is 19.0. The summed E-state index contributed by atoms with van der Waals surface area (Å²) in [5, 5.41) is 3.15. The van der Waals surface area contributed by atoms with Crippen LogP contribution in [0.4, 0.5) is 0 Å². The average Bonchev–Trinajstić information content (AvgIpc) is 2.57. The third-order valence-electron chi connectivity index (χ3n) is 4.64. The molecular formula is C22H27NO3. The first-order chi connectivity index (χ1) is 12.2. The first kappa shape index (κ1) is 18.3. The Labute approximate surface area is 155 Å². The molecule has 1 amide bonds. The first-order valence-electron chi connectivity index (χ1n) is 9.07. The molecule has 0 aromatic heterocycles. The van der Waals surface area contributed by atoms with Crippen LogP contribution in [0.5, 0.6) is 11.5 Å². The highest BCUT2D eigenvalue weighted by atomic mass is 16.5. The predicted molar refractivity (Wildman–Crippen MR) is 103 cm³/mol. The van der Waals surface area contributed by atoms with Crippen molar-refractivity contribution in [2.45, 2.75) is 58.8 Å². The lowest BCUT2D eigenvalue weighted by Crippen LogP contribution is -2.44. The summed E-state index contributed by atoms with van der Waals surface area (Å²) in [5.41, 5.74) is 3.00. The van der Waals surface area contributed by atoms with Gasteiger partial charge in [-0.05, 0) is 52.8 Å². The average molecular weight is 353 g/mol. The molecule has 4 heteroatoms. The van der Waals surface area contributed by atoms with E-state index in [0.29, 0.717) is 12.2 Å². The molecule has 0 aliphatic carbocycles. The van der Waals surface area contributed by atoms with Crippen LogP contribution in [-0.4, -0.2) is 17.6 Å². The Morgan fingerprint density at radius 2 is 1.81 bits per heavy atom. The quantitative estimate of drug-likeness (QED) is 0.881. The highest BCUT2D eigenvalue weighted by Crippen LogP contribution is 2.39. The first-order valence-corrected chi connectivity index (χ1v) is 9.07. The second kappa shape index (κ2) is 7.02. The number of amides is 1. The van der Waals surface area contributed by atoms with E-state index in [1.165, 1.54) is 0 Å². The van der Waals surface area contributed by atoms with Crippen LogP contribution < -0.4 is 14.8 Å². The summed E-state index contributed by atoms with van der Waals surface area (Å²) in [6, 6.07) is 13.7. The van der Waals surface area contributed by atoms with Gasteiger partial charge in [0.1, 0.15) is 17.1 Å². The fourth-order valence-corrected chi connectivity index (χ4v) is 3.27.